The molecule has 0 saturated heterocycles. The molecule has 1 N–H and O–H groups in total. The molecule has 0 aromatic rings. The van der Waals surface area contributed by atoms with E-state index in [0.29, 0.717) is 6.42 Å². The molecule has 0 amide bonds. The van der Waals surface area contributed by atoms with E-state index in [4.69, 9.17) is 4.55 Å². The summed E-state index contributed by atoms with van der Waals surface area (Å²) in [6.07, 6.45) is 11.9. The van der Waals surface area contributed by atoms with Crippen molar-refractivity contribution < 1.29 is 34.5 Å². The van der Waals surface area contributed by atoms with Crippen molar-refractivity contribution in [1.29, 1.82) is 0 Å². The molecule has 0 radical (unpaired) electrons. The monoisotopic (exact) mass is 318 g/mol. The van der Waals surface area contributed by atoms with E-state index in [1.807, 2.05) is 0 Å². The fourth-order valence-electron chi connectivity index (χ4n) is 1.75. The van der Waals surface area contributed by atoms with Crippen molar-refractivity contribution in [2.75, 3.05) is 6.61 Å². The first-order chi connectivity index (χ1) is 8.06. The zero-order valence-electron chi connectivity index (χ0n) is 11.3. The Morgan fingerprint density at radius 1 is 0.833 bits per heavy atom. The van der Waals surface area contributed by atoms with E-state index in [9.17, 15) is 8.42 Å². The van der Waals surface area contributed by atoms with E-state index in [1.54, 1.807) is 0 Å². The minimum atomic E-state index is -4.23. The Hall–Kier alpha value is 0.402. The summed E-state index contributed by atoms with van der Waals surface area (Å²) in [5.41, 5.74) is 0. The van der Waals surface area contributed by atoms with Crippen LogP contribution in [-0.4, -0.2) is 19.6 Å². The van der Waals surface area contributed by atoms with Crippen LogP contribution in [0.4, 0.5) is 0 Å². The van der Waals surface area contributed by atoms with Gasteiger partial charge in [0.15, 0.2) is 0 Å². The third-order valence-corrected chi connectivity index (χ3v) is 3.19. The average molecular weight is 318 g/mol. The summed E-state index contributed by atoms with van der Waals surface area (Å²) in [4.78, 5) is 0. The summed E-state index contributed by atoms with van der Waals surface area (Å²) in [5.74, 6) is 0. The van der Waals surface area contributed by atoms with Gasteiger partial charge < -0.3 is 0 Å². The first-order valence-electron chi connectivity index (χ1n) is 6.68. The minimum absolute atomic E-state index is 0. The third kappa shape index (κ3) is 18.8. The molecule has 0 aliphatic carbocycles. The first kappa shape index (κ1) is 20.7. The van der Waals surface area contributed by atoms with E-state index < -0.39 is 10.4 Å². The largest absolute Gasteiger partial charge is 0.397 e. The predicted molar refractivity (Wildman–Crippen MR) is 69.3 cm³/mol. The summed E-state index contributed by atoms with van der Waals surface area (Å²) in [6.45, 7) is 2.31. The van der Waals surface area contributed by atoms with Crippen molar-refractivity contribution in [1.82, 2.24) is 0 Å². The van der Waals surface area contributed by atoms with Crippen LogP contribution in [0, 0.1) is 0 Å². The molecule has 0 aromatic heterocycles. The summed E-state index contributed by atoms with van der Waals surface area (Å²) >= 11 is 0. The van der Waals surface area contributed by atoms with Gasteiger partial charge in [-0.3, -0.25) is 4.55 Å². The SMILES string of the molecule is CCCCCCCCCCCCOS(=O)(=O)O.[Cr]. The molecule has 0 fully saturated rings. The fraction of sp³-hybridized carbons (Fsp3) is 1.00. The number of hydrogen-bond acceptors (Lipinski definition) is 3. The zero-order valence-corrected chi connectivity index (χ0v) is 13.4. The number of hydrogen-bond donors (Lipinski definition) is 1. The van der Waals surface area contributed by atoms with Crippen LogP contribution in [0.15, 0.2) is 0 Å². The fourth-order valence-corrected chi connectivity index (χ4v) is 2.08. The van der Waals surface area contributed by atoms with Gasteiger partial charge in [0.2, 0.25) is 0 Å². The van der Waals surface area contributed by atoms with E-state index >= 15 is 0 Å². The number of rotatable bonds is 12. The summed E-state index contributed by atoms with van der Waals surface area (Å²) in [5, 5.41) is 0. The first-order valence-corrected chi connectivity index (χ1v) is 8.04. The second-order valence-corrected chi connectivity index (χ2v) is 5.52. The summed E-state index contributed by atoms with van der Waals surface area (Å²) in [7, 11) is -4.23. The maximum atomic E-state index is 10.2. The molecule has 0 aromatic carbocycles. The number of unbranched alkanes of at least 4 members (excludes halogenated alkanes) is 9. The zero-order chi connectivity index (χ0) is 13.0. The summed E-state index contributed by atoms with van der Waals surface area (Å²) in [6, 6.07) is 0. The van der Waals surface area contributed by atoms with Crippen molar-refractivity contribution in [2.24, 2.45) is 0 Å². The van der Waals surface area contributed by atoms with Crippen LogP contribution in [0.3, 0.4) is 0 Å². The molecule has 0 rings (SSSR count). The Morgan fingerprint density at radius 2 is 1.22 bits per heavy atom. The minimum Gasteiger partial charge on any atom is -0.264 e. The van der Waals surface area contributed by atoms with Crippen LogP contribution in [0.2, 0.25) is 0 Å². The molecule has 6 heteroatoms. The van der Waals surface area contributed by atoms with Crippen LogP contribution in [-0.2, 0) is 31.9 Å². The average Bonchev–Trinajstić information content (AvgIpc) is 2.24. The van der Waals surface area contributed by atoms with Crippen LogP contribution in [0.5, 0.6) is 0 Å². The van der Waals surface area contributed by atoms with Crippen LogP contribution < -0.4 is 0 Å². The van der Waals surface area contributed by atoms with Gasteiger partial charge in [0.25, 0.3) is 0 Å². The van der Waals surface area contributed by atoms with Gasteiger partial charge in [-0.2, -0.15) is 8.42 Å². The molecular weight excluding hydrogens is 292 g/mol. The molecule has 0 aliphatic rings. The molecule has 4 nitrogen and oxygen atoms in total. The van der Waals surface area contributed by atoms with Gasteiger partial charge in [-0.1, -0.05) is 64.7 Å². The standard InChI is InChI=1S/C12H26O4S.Cr/c1-2-3-4-5-6-7-8-9-10-11-12-16-17(13,14)15;/h2-12H2,1H3,(H,13,14,15);. The molecule has 0 saturated carbocycles. The van der Waals surface area contributed by atoms with Gasteiger partial charge in [-0.25, -0.2) is 4.18 Å². The van der Waals surface area contributed by atoms with E-state index in [0.717, 1.165) is 12.8 Å². The van der Waals surface area contributed by atoms with Crippen LogP contribution >= 0.6 is 0 Å². The maximum absolute atomic E-state index is 10.2. The Labute approximate surface area is 123 Å². The smallest absolute Gasteiger partial charge is 0.264 e. The van der Waals surface area contributed by atoms with Gasteiger partial charge in [-0.15, -0.1) is 0 Å². The maximum Gasteiger partial charge on any atom is 0.397 e. The van der Waals surface area contributed by atoms with Crippen molar-refractivity contribution in [2.45, 2.75) is 71.1 Å². The molecule has 0 unspecified atom stereocenters. The van der Waals surface area contributed by atoms with Gasteiger partial charge in [0.1, 0.15) is 0 Å². The Morgan fingerprint density at radius 3 is 1.61 bits per heavy atom. The van der Waals surface area contributed by atoms with Crippen molar-refractivity contribution in [3.8, 4) is 0 Å². The van der Waals surface area contributed by atoms with Gasteiger partial charge in [0, 0.05) is 17.4 Å². The quantitative estimate of drug-likeness (QED) is 0.440. The molecule has 0 bridgehead atoms. The second kappa shape index (κ2) is 13.8. The third-order valence-electron chi connectivity index (χ3n) is 2.73. The van der Waals surface area contributed by atoms with Crippen LogP contribution in [0.25, 0.3) is 0 Å². The van der Waals surface area contributed by atoms with Crippen molar-refractivity contribution in [3.05, 3.63) is 0 Å². The van der Waals surface area contributed by atoms with Gasteiger partial charge in [-0.05, 0) is 6.42 Å². The van der Waals surface area contributed by atoms with E-state index in [-0.39, 0.29) is 24.0 Å². The second-order valence-electron chi connectivity index (χ2n) is 4.43. The predicted octanol–water partition coefficient (Wildman–Crippen LogP) is 3.72. The Bertz CT molecular complexity index is 255. The van der Waals surface area contributed by atoms with Crippen molar-refractivity contribution >= 4 is 10.4 Å². The van der Waals surface area contributed by atoms with E-state index in [2.05, 4.69) is 11.1 Å². The van der Waals surface area contributed by atoms with Crippen molar-refractivity contribution in [3.63, 3.8) is 0 Å². The molecule has 18 heavy (non-hydrogen) atoms. The Kier molecular flexibility index (Phi) is 15.9. The molecule has 0 spiro atoms. The molecular formula is C12H26CrO4S. The van der Waals surface area contributed by atoms with Crippen LogP contribution in [0.1, 0.15) is 71.1 Å². The summed E-state index contributed by atoms with van der Waals surface area (Å²) < 4.78 is 33.0. The molecule has 0 aliphatic heterocycles. The topological polar surface area (TPSA) is 63.6 Å². The molecule has 110 valence electrons. The van der Waals surface area contributed by atoms with Gasteiger partial charge >= 0.3 is 10.4 Å². The molecule has 0 atom stereocenters. The van der Waals surface area contributed by atoms with E-state index in [1.165, 1.54) is 44.9 Å². The van der Waals surface area contributed by atoms with Gasteiger partial charge in [0.05, 0.1) is 6.61 Å². The normalized spacial score (nSPS) is 11.2. The molecule has 0 heterocycles. The Balaban J connectivity index is 0.